The van der Waals surface area contributed by atoms with Gasteiger partial charge in [0.2, 0.25) is 5.91 Å². The molecule has 0 radical (unpaired) electrons. The van der Waals surface area contributed by atoms with E-state index in [9.17, 15) is 13.2 Å². The maximum absolute atomic E-state index is 13.2. The molecule has 0 bridgehead atoms. The first kappa shape index (κ1) is 21.8. The third-order valence-electron chi connectivity index (χ3n) is 4.85. The number of carbonyl (C=O) groups excluding carboxylic acids is 1. The first-order valence-corrected chi connectivity index (χ1v) is 12.2. The molecule has 164 valence electrons. The Balaban J connectivity index is 1.61. The molecule has 0 aliphatic carbocycles. The van der Waals surface area contributed by atoms with E-state index < -0.39 is 10.0 Å². The maximum atomic E-state index is 13.2. The first-order valence-electron chi connectivity index (χ1n) is 9.80. The summed E-state index contributed by atoms with van der Waals surface area (Å²) in [4.78, 5) is 17.7. The van der Waals surface area contributed by atoms with Crippen LogP contribution in [0.4, 0.5) is 16.5 Å². The van der Waals surface area contributed by atoms with Crippen LogP contribution in [0.5, 0.6) is 0 Å². The van der Waals surface area contributed by atoms with Gasteiger partial charge in [0.25, 0.3) is 10.0 Å². The van der Waals surface area contributed by atoms with E-state index in [-0.39, 0.29) is 10.8 Å². The fraction of sp³-hybridized carbons (Fsp3) is 0.130. The van der Waals surface area contributed by atoms with Crippen LogP contribution in [0, 0.1) is 0 Å². The lowest BCUT2D eigenvalue weighted by Gasteiger charge is -2.17. The lowest BCUT2D eigenvalue weighted by atomic mass is 10.1. The average molecular weight is 467 g/mol. The van der Waals surface area contributed by atoms with E-state index in [1.165, 1.54) is 18.3 Å². The molecule has 1 aromatic heterocycles. The van der Waals surface area contributed by atoms with Gasteiger partial charge in [-0.05, 0) is 24.3 Å². The molecule has 0 atom stereocenters. The minimum atomic E-state index is -3.80. The second kappa shape index (κ2) is 8.60. The van der Waals surface area contributed by atoms with Crippen molar-refractivity contribution < 1.29 is 13.2 Å². The van der Waals surface area contributed by atoms with Crippen LogP contribution in [0.15, 0.2) is 70.9 Å². The standard InChI is InChI=1S/C23H22N4O3S2/c1-15(28)24-23-25-20(14-31-23)16-10-12-17(13-11-16)26-32(29,30)22-9-5-6-18-19(22)7-4-8-21(18)27(2)3/h4-14,26H,1-3H3,(H,24,25,28). The summed E-state index contributed by atoms with van der Waals surface area (Å²) in [6, 6.07) is 17.9. The number of anilines is 3. The predicted molar refractivity (Wildman–Crippen MR) is 131 cm³/mol. The average Bonchev–Trinajstić information content (AvgIpc) is 3.20. The molecule has 0 aliphatic rings. The molecule has 0 unspecified atom stereocenters. The fourth-order valence-electron chi connectivity index (χ4n) is 3.42. The quantitative estimate of drug-likeness (QED) is 0.426. The monoisotopic (exact) mass is 466 g/mol. The molecule has 1 heterocycles. The molecule has 0 saturated carbocycles. The molecule has 0 aliphatic heterocycles. The Morgan fingerprint density at radius 1 is 0.969 bits per heavy atom. The minimum absolute atomic E-state index is 0.179. The highest BCUT2D eigenvalue weighted by molar-refractivity contribution is 7.93. The van der Waals surface area contributed by atoms with Gasteiger partial charge in [-0.25, -0.2) is 13.4 Å². The van der Waals surface area contributed by atoms with Crippen LogP contribution >= 0.6 is 11.3 Å². The topological polar surface area (TPSA) is 91.4 Å². The minimum Gasteiger partial charge on any atom is -0.377 e. The van der Waals surface area contributed by atoms with Gasteiger partial charge in [-0.15, -0.1) is 11.3 Å². The Morgan fingerprint density at radius 3 is 2.34 bits per heavy atom. The van der Waals surface area contributed by atoms with Crippen molar-refractivity contribution in [1.29, 1.82) is 0 Å². The number of hydrogen-bond donors (Lipinski definition) is 2. The van der Waals surface area contributed by atoms with Crippen LogP contribution in [-0.4, -0.2) is 33.4 Å². The molecule has 4 aromatic rings. The number of fused-ring (bicyclic) bond motifs is 1. The Kier molecular flexibility index (Phi) is 5.86. The summed E-state index contributed by atoms with van der Waals surface area (Å²) < 4.78 is 29.0. The van der Waals surface area contributed by atoms with Crippen molar-refractivity contribution in [2.24, 2.45) is 0 Å². The number of benzene rings is 3. The van der Waals surface area contributed by atoms with Crippen LogP contribution in [-0.2, 0) is 14.8 Å². The van der Waals surface area contributed by atoms with Gasteiger partial charge in [0.05, 0.1) is 10.6 Å². The molecule has 0 fully saturated rings. The lowest BCUT2D eigenvalue weighted by Crippen LogP contribution is -2.14. The molecular weight excluding hydrogens is 444 g/mol. The summed E-state index contributed by atoms with van der Waals surface area (Å²) in [5.74, 6) is -0.179. The summed E-state index contributed by atoms with van der Waals surface area (Å²) in [5.41, 5.74) is 2.93. The molecule has 9 heteroatoms. The van der Waals surface area contributed by atoms with Crippen LogP contribution in [0.3, 0.4) is 0 Å². The maximum Gasteiger partial charge on any atom is 0.262 e. The summed E-state index contributed by atoms with van der Waals surface area (Å²) in [7, 11) is 0.0568. The van der Waals surface area contributed by atoms with Crippen molar-refractivity contribution in [3.63, 3.8) is 0 Å². The number of aromatic nitrogens is 1. The van der Waals surface area contributed by atoms with Gasteiger partial charge >= 0.3 is 0 Å². The van der Waals surface area contributed by atoms with E-state index in [0.717, 1.165) is 16.6 Å². The number of thiazole rings is 1. The molecule has 0 spiro atoms. The van der Waals surface area contributed by atoms with E-state index in [0.29, 0.717) is 21.9 Å². The van der Waals surface area contributed by atoms with E-state index in [4.69, 9.17) is 0 Å². The summed E-state index contributed by atoms with van der Waals surface area (Å²) in [6.07, 6.45) is 0. The molecule has 7 nitrogen and oxygen atoms in total. The van der Waals surface area contributed by atoms with Crippen molar-refractivity contribution in [3.05, 3.63) is 66.0 Å². The van der Waals surface area contributed by atoms with E-state index in [1.54, 1.807) is 36.4 Å². The van der Waals surface area contributed by atoms with Crippen molar-refractivity contribution in [1.82, 2.24) is 4.98 Å². The zero-order valence-electron chi connectivity index (χ0n) is 17.8. The van der Waals surface area contributed by atoms with Gasteiger partial charge in [0.15, 0.2) is 5.13 Å². The normalized spacial score (nSPS) is 11.3. The number of amides is 1. The SMILES string of the molecule is CC(=O)Nc1nc(-c2ccc(NS(=O)(=O)c3cccc4c(N(C)C)cccc34)cc2)cs1. The van der Waals surface area contributed by atoms with Gasteiger partial charge in [-0.3, -0.25) is 9.52 Å². The highest BCUT2D eigenvalue weighted by atomic mass is 32.2. The van der Waals surface area contributed by atoms with Crippen LogP contribution in [0.25, 0.3) is 22.0 Å². The van der Waals surface area contributed by atoms with Crippen molar-refractivity contribution in [2.75, 3.05) is 29.0 Å². The number of sulfonamides is 1. The van der Waals surface area contributed by atoms with Gasteiger partial charge < -0.3 is 10.2 Å². The highest BCUT2D eigenvalue weighted by Crippen LogP contribution is 2.31. The third-order valence-corrected chi connectivity index (χ3v) is 7.05. The number of nitrogens with zero attached hydrogens (tertiary/aromatic N) is 2. The van der Waals surface area contributed by atoms with Crippen LogP contribution in [0.1, 0.15) is 6.92 Å². The first-order chi connectivity index (χ1) is 15.2. The van der Waals surface area contributed by atoms with Crippen LogP contribution in [0.2, 0.25) is 0 Å². The Labute approximate surface area is 190 Å². The third kappa shape index (κ3) is 4.44. The number of carbonyl (C=O) groups is 1. The summed E-state index contributed by atoms with van der Waals surface area (Å²) >= 11 is 1.33. The number of rotatable bonds is 6. The summed E-state index contributed by atoms with van der Waals surface area (Å²) in [5, 5.41) is 6.54. The molecule has 4 rings (SSSR count). The zero-order chi connectivity index (χ0) is 22.9. The van der Waals surface area contributed by atoms with Gasteiger partial charge in [-0.2, -0.15) is 0 Å². The number of hydrogen-bond acceptors (Lipinski definition) is 6. The molecular formula is C23H22N4O3S2. The predicted octanol–water partition coefficient (Wildman–Crippen LogP) is 4.79. The molecule has 1 amide bonds. The van der Waals surface area contributed by atoms with E-state index in [2.05, 4.69) is 15.0 Å². The zero-order valence-corrected chi connectivity index (χ0v) is 19.4. The Bertz CT molecular complexity index is 1390. The van der Waals surface area contributed by atoms with Crippen molar-refractivity contribution in [3.8, 4) is 11.3 Å². The van der Waals surface area contributed by atoms with Crippen LogP contribution < -0.4 is 14.9 Å². The molecule has 32 heavy (non-hydrogen) atoms. The lowest BCUT2D eigenvalue weighted by molar-refractivity contribution is -0.114. The second-order valence-electron chi connectivity index (χ2n) is 7.42. The van der Waals surface area contributed by atoms with Gasteiger partial charge in [0, 0.05) is 54.1 Å². The molecule has 0 saturated heterocycles. The van der Waals surface area contributed by atoms with Gasteiger partial charge in [0.1, 0.15) is 0 Å². The van der Waals surface area contributed by atoms with E-state index >= 15 is 0 Å². The fourth-order valence-corrected chi connectivity index (χ4v) is 5.47. The smallest absolute Gasteiger partial charge is 0.262 e. The van der Waals surface area contributed by atoms with Crippen molar-refractivity contribution in [2.45, 2.75) is 11.8 Å². The second-order valence-corrected chi connectivity index (χ2v) is 9.93. The molecule has 3 aromatic carbocycles. The Hall–Kier alpha value is -3.43. The Morgan fingerprint density at radius 2 is 1.66 bits per heavy atom. The van der Waals surface area contributed by atoms with E-state index in [1.807, 2.05) is 48.6 Å². The summed E-state index contributed by atoms with van der Waals surface area (Å²) in [6.45, 7) is 1.43. The van der Waals surface area contributed by atoms with Crippen molar-refractivity contribution >= 4 is 54.5 Å². The van der Waals surface area contributed by atoms with Gasteiger partial charge in [-0.1, -0.05) is 36.4 Å². The molecule has 2 N–H and O–H groups in total. The largest absolute Gasteiger partial charge is 0.377 e. The highest BCUT2D eigenvalue weighted by Gasteiger charge is 2.19. The number of nitrogens with one attached hydrogen (secondary N) is 2.